The van der Waals surface area contributed by atoms with Gasteiger partial charge in [0, 0.05) is 0 Å². The van der Waals surface area contributed by atoms with Crippen molar-refractivity contribution in [2.75, 3.05) is 0 Å². The highest BCUT2D eigenvalue weighted by molar-refractivity contribution is 5.75. The molecular weight excluding hydrogens is 250 g/mol. The van der Waals surface area contributed by atoms with E-state index in [-0.39, 0.29) is 0 Å². The molecule has 104 valence electrons. The molecule has 0 aliphatic heterocycles. The van der Waals surface area contributed by atoms with Gasteiger partial charge in [-0.3, -0.25) is 4.79 Å². The molecule has 0 saturated heterocycles. The van der Waals surface area contributed by atoms with Gasteiger partial charge in [-0.25, -0.2) is 0 Å². The molecule has 0 unspecified atom stereocenters. The van der Waals surface area contributed by atoms with Gasteiger partial charge >= 0.3 is 5.97 Å². The minimum Gasteiger partial charge on any atom is -0.480 e. The average molecular weight is 269 g/mol. The molecule has 1 atom stereocenters. The molecule has 2 aromatic rings. The fraction of sp³-hybridized carbons (Fsp3) is 0.235. The van der Waals surface area contributed by atoms with Crippen molar-refractivity contribution in [3.63, 3.8) is 0 Å². The van der Waals surface area contributed by atoms with Crippen molar-refractivity contribution < 1.29 is 9.90 Å². The number of aryl methyl sites for hydroxylation is 2. The summed E-state index contributed by atoms with van der Waals surface area (Å²) in [5.41, 5.74) is 11.2. The summed E-state index contributed by atoms with van der Waals surface area (Å²) in [6.07, 6.45) is 0.332. The highest BCUT2D eigenvalue weighted by Gasteiger charge is 2.15. The average Bonchev–Trinajstić information content (AvgIpc) is 2.38. The van der Waals surface area contributed by atoms with Crippen molar-refractivity contribution in [1.82, 2.24) is 0 Å². The standard InChI is InChI=1S/C17H19NO2/c1-11-7-12(2)9-14(8-11)15-6-4-3-5-13(15)10-16(18)17(19)20/h3-9,16H,10,18H2,1-2H3,(H,19,20)/t16-/m0/s1. The Hall–Kier alpha value is -2.13. The quantitative estimate of drug-likeness (QED) is 0.897. The van der Waals surface area contributed by atoms with Crippen LogP contribution in [0.2, 0.25) is 0 Å². The topological polar surface area (TPSA) is 63.3 Å². The Morgan fingerprint density at radius 3 is 2.35 bits per heavy atom. The lowest BCUT2D eigenvalue weighted by Gasteiger charge is -2.13. The van der Waals surface area contributed by atoms with Crippen LogP contribution in [0.25, 0.3) is 11.1 Å². The van der Waals surface area contributed by atoms with E-state index in [2.05, 4.69) is 32.0 Å². The predicted molar refractivity (Wildman–Crippen MR) is 80.7 cm³/mol. The Morgan fingerprint density at radius 1 is 1.15 bits per heavy atom. The second kappa shape index (κ2) is 5.88. The van der Waals surface area contributed by atoms with E-state index < -0.39 is 12.0 Å². The van der Waals surface area contributed by atoms with E-state index in [1.165, 1.54) is 11.1 Å². The van der Waals surface area contributed by atoms with Gasteiger partial charge < -0.3 is 10.8 Å². The van der Waals surface area contributed by atoms with Gasteiger partial charge in [-0.15, -0.1) is 0 Å². The minimum atomic E-state index is -0.972. The molecular formula is C17H19NO2. The minimum absolute atomic E-state index is 0.332. The van der Waals surface area contributed by atoms with Crippen LogP contribution < -0.4 is 5.73 Å². The monoisotopic (exact) mass is 269 g/mol. The Balaban J connectivity index is 2.44. The van der Waals surface area contributed by atoms with Crippen molar-refractivity contribution in [1.29, 1.82) is 0 Å². The maximum absolute atomic E-state index is 10.9. The van der Waals surface area contributed by atoms with Crippen LogP contribution in [0.15, 0.2) is 42.5 Å². The van der Waals surface area contributed by atoms with Crippen molar-refractivity contribution in [3.8, 4) is 11.1 Å². The molecule has 3 nitrogen and oxygen atoms in total. The Labute approximate surface area is 119 Å². The Kier molecular flexibility index (Phi) is 4.20. The lowest BCUT2D eigenvalue weighted by atomic mass is 9.93. The number of nitrogens with two attached hydrogens (primary N) is 1. The van der Waals surface area contributed by atoms with Crippen molar-refractivity contribution in [2.45, 2.75) is 26.3 Å². The van der Waals surface area contributed by atoms with Gasteiger partial charge in [0.25, 0.3) is 0 Å². The molecule has 0 heterocycles. The zero-order valence-electron chi connectivity index (χ0n) is 11.8. The molecule has 0 aliphatic rings. The van der Waals surface area contributed by atoms with Gasteiger partial charge in [0.1, 0.15) is 6.04 Å². The van der Waals surface area contributed by atoms with Crippen LogP contribution in [0.1, 0.15) is 16.7 Å². The maximum atomic E-state index is 10.9. The molecule has 3 heteroatoms. The van der Waals surface area contributed by atoms with E-state index in [9.17, 15) is 4.79 Å². The maximum Gasteiger partial charge on any atom is 0.320 e. The summed E-state index contributed by atoms with van der Waals surface area (Å²) in [6.45, 7) is 4.12. The molecule has 20 heavy (non-hydrogen) atoms. The van der Waals surface area contributed by atoms with Crippen molar-refractivity contribution >= 4 is 5.97 Å². The first-order chi connectivity index (χ1) is 9.47. The smallest absolute Gasteiger partial charge is 0.320 e. The molecule has 0 amide bonds. The Morgan fingerprint density at radius 2 is 1.75 bits per heavy atom. The fourth-order valence-electron chi connectivity index (χ4n) is 2.43. The number of carbonyl (C=O) groups is 1. The predicted octanol–water partition coefficient (Wildman–Crippen LogP) is 2.92. The highest BCUT2D eigenvalue weighted by atomic mass is 16.4. The van der Waals surface area contributed by atoms with E-state index in [4.69, 9.17) is 10.8 Å². The van der Waals surface area contributed by atoms with E-state index in [1.807, 2.05) is 24.3 Å². The summed E-state index contributed by atoms with van der Waals surface area (Å²) in [5.74, 6) is -0.972. The van der Waals surface area contributed by atoms with E-state index in [0.717, 1.165) is 16.7 Å². The number of rotatable bonds is 4. The molecule has 0 aromatic heterocycles. The third-order valence-corrected chi connectivity index (χ3v) is 3.31. The van der Waals surface area contributed by atoms with Gasteiger partial charge in [-0.05, 0) is 37.0 Å². The normalized spacial score (nSPS) is 12.2. The fourth-order valence-corrected chi connectivity index (χ4v) is 2.43. The first-order valence-electron chi connectivity index (χ1n) is 6.62. The van der Waals surface area contributed by atoms with Crippen molar-refractivity contribution in [3.05, 3.63) is 59.2 Å². The summed E-state index contributed by atoms with van der Waals surface area (Å²) in [4.78, 5) is 10.9. The van der Waals surface area contributed by atoms with Gasteiger partial charge in [0.2, 0.25) is 0 Å². The first-order valence-corrected chi connectivity index (χ1v) is 6.62. The van der Waals surface area contributed by atoms with Crippen LogP contribution in [0.5, 0.6) is 0 Å². The molecule has 0 saturated carbocycles. The number of hydrogen-bond acceptors (Lipinski definition) is 2. The van der Waals surface area contributed by atoms with Crippen molar-refractivity contribution in [2.24, 2.45) is 5.73 Å². The molecule has 2 rings (SSSR count). The molecule has 0 radical (unpaired) electrons. The second-order valence-corrected chi connectivity index (χ2v) is 5.18. The lowest BCUT2D eigenvalue weighted by Crippen LogP contribution is -2.32. The third-order valence-electron chi connectivity index (χ3n) is 3.31. The summed E-state index contributed by atoms with van der Waals surface area (Å²) < 4.78 is 0. The number of aliphatic carboxylic acids is 1. The zero-order valence-corrected chi connectivity index (χ0v) is 11.8. The molecule has 2 aromatic carbocycles. The summed E-state index contributed by atoms with van der Waals surface area (Å²) in [6, 6.07) is 13.3. The molecule has 0 aliphatic carbocycles. The Bertz CT molecular complexity index is 614. The molecule has 0 bridgehead atoms. The number of carboxylic acids is 1. The number of hydrogen-bond donors (Lipinski definition) is 2. The zero-order chi connectivity index (χ0) is 14.7. The van der Waals surface area contributed by atoms with Crippen LogP contribution in [-0.2, 0) is 11.2 Å². The van der Waals surface area contributed by atoms with Crippen LogP contribution in [0.4, 0.5) is 0 Å². The largest absolute Gasteiger partial charge is 0.480 e. The molecule has 0 spiro atoms. The van der Waals surface area contributed by atoms with Gasteiger partial charge in [0.05, 0.1) is 0 Å². The summed E-state index contributed by atoms with van der Waals surface area (Å²) in [5, 5.41) is 8.97. The second-order valence-electron chi connectivity index (χ2n) is 5.18. The SMILES string of the molecule is Cc1cc(C)cc(-c2ccccc2C[C@H](N)C(=O)O)c1. The van der Waals surface area contributed by atoms with Crippen LogP contribution >= 0.6 is 0 Å². The van der Waals surface area contributed by atoms with Gasteiger partial charge in [-0.1, -0.05) is 53.6 Å². The molecule has 0 fully saturated rings. The van der Waals surface area contributed by atoms with Crippen LogP contribution in [0.3, 0.4) is 0 Å². The lowest BCUT2D eigenvalue weighted by molar-refractivity contribution is -0.138. The third kappa shape index (κ3) is 3.25. The van der Waals surface area contributed by atoms with E-state index in [0.29, 0.717) is 6.42 Å². The van der Waals surface area contributed by atoms with Gasteiger partial charge in [-0.2, -0.15) is 0 Å². The number of benzene rings is 2. The van der Waals surface area contributed by atoms with E-state index >= 15 is 0 Å². The first kappa shape index (κ1) is 14.3. The van der Waals surface area contributed by atoms with Gasteiger partial charge in [0.15, 0.2) is 0 Å². The summed E-state index contributed by atoms with van der Waals surface area (Å²) >= 11 is 0. The van der Waals surface area contributed by atoms with E-state index in [1.54, 1.807) is 0 Å². The van der Waals surface area contributed by atoms with Crippen LogP contribution in [0, 0.1) is 13.8 Å². The van der Waals surface area contributed by atoms with Crippen LogP contribution in [-0.4, -0.2) is 17.1 Å². The number of carboxylic acid groups (broad SMARTS) is 1. The molecule has 3 N–H and O–H groups in total. The summed E-state index contributed by atoms with van der Waals surface area (Å²) in [7, 11) is 0. The highest BCUT2D eigenvalue weighted by Crippen LogP contribution is 2.26.